The molecule has 1 aliphatic carbocycles. The van der Waals surface area contributed by atoms with E-state index in [-0.39, 0.29) is 28.4 Å². The van der Waals surface area contributed by atoms with Crippen LogP contribution in [-0.2, 0) is 4.79 Å². The maximum Gasteiger partial charge on any atom is 0.230 e. The fourth-order valence-electron chi connectivity index (χ4n) is 2.88. The second kappa shape index (κ2) is 6.11. The van der Waals surface area contributed by atoms with Crippen LogP contribution in [0, 0.1) is 11.2 Å². The number of benzene rings is 1. The zero-order valence-corrected chi connectivity index (χ0v) is 12.0. The van der Waals surface area contributed by atoms with E-state index >= 15 is 0 Å². The molecule has 1 fully saturated rings. The van der Waals surface area contributed by atoms with Gasteiger partial charge < -0.3 is 16.3 Å². The standard InChI is InChI=1S/C15H20FN3O2/c1-2-15(7-3-4-8-15)14(20)18-12-6-5-10(9-11(12)16)13(17)19-21/h5-6,9,21H,2-4,7-8H2,1H3,(H2,17,19)(H,18,20). The highest BCUT2D eigenvalue weighted by molar-refractivity contribution is 5.99. The van der Waals surface area contributed by atoms with E-state index in [4.69, 9.17) is 10.9 Å². The lowest BCUT2D eigenvalue weighted by atomic mass is 9.82. The van der Waals surface area contributed by atoms with Gasteiger partial charge in [0, 0.05) is 11.0 Å². The number of oxime groups is 1. The van der Waals surface area contributed by atoms with Gasteiger partial charge in [0.15, 0.2) is 5.84 Å². The molecule has 0 unspecified atom stereocenters. The molecule has 6 heteroatoms. The number of hydrogen-bond donors (Lipinski definition) is 3. The lowest BCUT2D eigenvalue weighted by Gasteiger charge is -2.26. The molecule has 5 nitrogen and oxygen atoms in total. The molecule has 1 aromatic carbocycles. The number of carbonyl (C=O) groups is 1. The first kappa shape index (κ1) is 15.3. The predicted octanol–water partition coefficient (Wildman–Crippen LogP) is 2.83. The molecule has 114 valence electrons. The Bertz CT molecular complexity index is 566. The number of nitrogens with zero attached hydrogens (tertiary/aromatic N) is 1. The Kier molecular flexibility index (Phi) is 4.45. The first-order valence-electron chi connectivity index (χ1n) is 7.11. The van der Waals surface area contributed by atoms with E-state index < -0.39 is 5.82 Å². The van der Waals surface area contributed by atoms with Crippen molar-refractivity contribution in [2.45, 2.75) is 39.0 Å². The van der Waals surface area contributed by atoms with Crippen LogP contribution in [0.25, 0.3) is 0 Å². The van der Waals surface area contributed by atoms with Gasteiger partial charge in [-0.15, -0.1) is 0 Å². The number of nitrogens with one attached hydrogen (secondary N) is 1. The number of carbonyl (C=O) groups excluding carboxylic acids is 1. The minimum Gasteiger partial charge on any atom is -0.409 e. The number of nitrogens with two attached hydrogens (primary N) is 1. The second-order valence-electron chi connectivity index (χ2n) is 5.47. The van der Waals surface area contributed by atoms with Gasteiger partial charge in [0.1, 0.15) is 5.82 Å². The Balaban J connectivity index is 2.18. The van der Waals surface area contributed by atoms with Crippen LogP contribution < -0.4 is 11.1 Å². The summed E-state index contributed by atoms with van der Waals surface area (Å²) in [5, 5.41) is 14.1. The summed E-state index contributed by atoms with van der Waals surface area (Å²) in [5.74, 6) is -0.901. The van der Waals surface area contributed by atoms with Crippen molar-refractivity contribution in [3.63, 3.8) is 0 Å². The number of rotatable bonds is 4. The van der Waals surface area contributed by atoms with Gasteiger partial charge in [0.2, 0.25) is 5.91 Å². The number of hydrogen-bond acceptors (Lipinski definition) is 3. The summed E-state index contributed by atoms with van der Waals surface area (Å²) in [6.07, 6.45) is 4.51. The third-order valence-electron chi connectivity index (χ3n) is 4.34. The molecular formula is C15H20FN3O2. The average Bonchev–Trinajstić information content (AvgIpc) is 2.98. The van der Waals surface area contributed by atoms with E-state index in [1.807, 2.05) is 6.92 Å². The summed E-state index contributed by atoms with van der Waals surface area (Å²) in [6, 6.07) is 4.07. The molecule has 0 atom stereocenters. The molecule has 21 heavy (non-hydrogen) atoms. The second-order valence-corrected chi connectivity index (χ2v) is 5.47. The lowest BCUT2D eigenvalue weighted by Crippen LogP contribution is -2.33. The van der Waals surface area contributed by atoms with Crippen LogP contribution in [0.3, 0.4) is 0 Å². The zero-order valence-electron chi connectivity index (χ0n) is 12.0. The normalized spacial score (nSPS) is 17.7. The first-order chi connectivity index (χ1) is 10.0. The molecule has 0 aromatic heterocycles. The molecule has 1 aliphatic rings. The van der Waals surface area contributed by atoms with Gasteiger partial charge in [0.25, 0.3) is 0 Å². The Hall–Kier alpha value is -2.11. The van der Waals surface area contributed by atoms with Crippen molar-refractivity contribution in [3.8, 4) is 0 Å². The van der Waals surface area contributed by atoms with Crippen molar-refractivity contribution < 1.29 is 14.4 Å². The van der Waals surface area contributed by atoms with Gasteiger partial charge in [-0.05, 0) is 37.5 Å². The number of amidine groups is 1. The van der Waals surface area contributed by atoms with Crippen LogP contribution in [0.2, 0.25) is 0 Å². The Labute approximate surface area is 123 Å². The minimum absolute atomic E-state index is 0.120. The van der Waals surface area contributed by atoms with Crippen LogP contribution in [0.1, 0.15) is 44.6 Å². The molecule has 4 N–H and O–H groups in total. The molecule has 0 radical (unpaired) electrons. The smallest absolute Gasteiger partial charge is 0.230 e. The highest BCUT2D eigenvalue weighted by atomic mass is 19.1. The molecule has 0 spiro atoms. The highest BCUT2D eigenvalue weighted by Gasteiger charge is 2.39. The van der Waals surface area contributed by atoms with Gasteiger partial charge in [0.05, 0.1) is 5.69 Å². The van der Waals surface area contributed by atoms with E-state index in [2.05, 4.69) is 10.5 Å². The largest absolute Gasteiger partial charge is 0.409 e. The molecule has 0 aliphatic heterocycles. The first-order valence-corrected chi connectivity index (χ1v) is 7.11. The Morgan fingerprint density at radius 1 is 1.48 bits per heavy atom. The molecule has 2 rings (SSSR count). The van der Waals surface area contributed by atoms with Gasteiger partial charge >= 0.3 is 0 Å². The third kappa shape index (κ3) is 2.99. The highest BCUT2D eigenvalue weighted by Crippen LogP contribution is 2.41. The van der Waals surface area contributed by atoms with Gasteiger partial charge in [-0.1, -0.05) is 24.9 Å². The predicted molar refractivity (Wildman–Crippen MR) is 78.7 cm³/mol. The van der Waals surface area contributed by atoms with E-state index in [9.17, 15) is 9.18 Å². The minimum atomic E-state index is -0.600. The van der Waals surface area contributed by atoms with Crippen molar-refractivity contribution in [1.29, 1.82) is 0 Å². The van der Waals surface area contributed by atoms with Crippen LogP contribution in [0.4, 0.5) is 10.1 Å². The molecule has 0 saturated heterocycles. The monoisotopic (exact) mass is 293 g/mol. The van der Waals surface area contributed by atoms with Crippen LogP contribution >= 0.6 is 0 Å². The maximum atomic E-state index is 14.0. The van der Waals surface area contributed by atoms with Crippen molar-refractivity contribution in [2.75, 3.05) is 5.32 Å². The fraction of sp³-hybridized carbons (Fsp3) is 0.467. The maximum absolute atomic E-state index is 14.0. The molecular weight excluding hydrogens is 273 g/mol. The summed E-state index contributed by atoms with van der Waals surface area (Å²) in [7, 11) is 0. The summed E-state index contributed by atoms with van der Waals surface area (Å²) >= 11 is 0. The lowest BCUT2D eigenvalue weighted by molar-refractivity contribution is -0.125. The van der Waals surface area contributed by atoms with Gasteiger partial charge in [-0.25, -0.2) is 4.39 Å². The molecule has 1 amide bonds. The van der Waals surface area contributed by atoms with Crippen molar-refractivity contribution in [1.82, 2.24) is 0 Å². The fourth-order valence-corrected chi connectivity index (χ4v) is 2.88. The zero-order chi connectivity index (χ0) is 15.5. The van der Waals surface area contributed by atoms with Crippen LogP contribution in [0.15, 0.2) is 23.4 Å². The number of anilines is 1. The van der Waals surface area contributed by atoms with Gasteiger partial charge in [-0.3, -0.25) is 4.79 Å². The topological polar surface area (TPSA) is 87.7 Å². The summed E-state index contributed by atoms with van der Waals surface area (Å²) in [6.45, 7) is 1.99. The van der Waals surface area contributed by atoms with E-state index in [0.717, 1.165) is 38.2 Å². The summed E-state index contributed by atoms with van der Waals surface area (Å²) in [4.78, 5) is 12.4. The Morgan fingerprint density at radius 2 is 2.14 bits per heavy atom. The molecule has 0 bridgehead atoms. The van der Waals surface area contributed by atoms with Crippen LogP contribution in [0.5, 0.6) is 0 Å². The van der Waals surface area contributed by atoms with E-state index in [1.54, 1.807) is 0 Å². The summed E-state index contributed by atoms with van der Waals surface area (Å²) < 4.78 is 14.0. The molecule has 1 aromatic rings. The number of halogens is 1. The summed E-state index contributed by atoms with van der Waals surface area (Å²) in [5.41, 5.74) is 5.41. The van der Waals surface area contributed by atoms with Crippen molar-refractivity contribution in [3.05, 3.63) is 29.6 Å². The Morgan fingerprint density at radius 3 is 2.67 bits per heavy atom. The number of amides is 1. The molecule has 0 heterocycles. The molecule has 1 saturated carbocycles. The quantitative estimate of drug-likeness (QED) is 0.345. The van der Waals surface area contributed by atoms with Crippen LogP contribution in [-0.4, -0.2) is 17.0 Å². The third-order valence-corrected chi connectivity index (χ3v) is 4.34. The average molecular weight is 293 g/mol. The van der Waals surface area contributed by atoms with E-state index in [0.29, 0.717) is 0 Å². The van der Waals surface area contributed by atoms with Crippen molar-refractivity contribution >= 4 is 17.4 Å². The van der Waals surface area contributed by atoms with Crippen molar-refractivity contribution in [2.24, 2.45) is 16.3 Å². The van der Waals surface area contributed by atoms with E-state index in [1.165, 1.54) is 12.1 Å². The SMILES string of the molecule is CCC1(C(=O)Nc2ccc(/C(N)=N/O)cc2F)CCCC1. The van der Waals surface area contributed by atoms with Gasteiger partial charge in [-0.2, -0.15) is 0 Å².